The zero-order chi connectivity index (χ0) is 15.1. The number of hydrogen-bond donors (Lipinski definition) is 0. The standard InChI is InChI=1S/C16H20O4/c1-5-19-16(18)14(12(4)17)10-13-8-6-7-9-15(13)20-11(2)3/h6-11H,5H2,1-4H3. The Bertz CT molecular complexity index is 515. The predicted octanol–water partition coefficient (Wildman–Crippen LogP) is 3.01. The van der Waals surface area contributed by atoms with Crippen LogP contribution in [0.25, 0.3) is 6.08 Å². The van der Waals surface area contributed by atoms with Crippen LogP contribution in [0.4, 0.5) is 0 Å². The average Bonchev–Trinajstić information content (AvgIpc) is 2.36. The second-order valence-corrected chi connectivity index (χ2v) is 4.54. The first kappa shape index (κ1) is 16.0. The average molecular weight is 276 g/mol. The Labute approximate surface area is 119 Å². The maximum atomic E-state index is 11.8. The third kappa shape index (κ3) is 4.53. The van der Waals surface area contributed by atoms with Crippen LogP contribution in [0.3, 0.4) is 0 Å². The largest absolute Gasteiger partial charge is 0.490 e. The van der Waals surface area contributed by atoms with Gasteiger partial charge in [-0.2, -0.15) is 0 Å². The Hall–Kier alpha value is -2.10. The molecule has 0 unspecified atom stereocenters. The Morgan fingerprint density at radius 3 is 2.45 bits per heavy atom. The summed E-state index contributed by atoms with van der Waals surface area (Å²) in [6.07, 6.45) is 1.52. The van der Waals surface area contributed by atoms with E-state index in [1.165, 1.54) is 13.0 Å². The SMILES string of the molecule is CCOC(=O)C(=Cc1ccccc1OC(C)C)C(C)=O. The van der Waals surface area contributed by atoms with Gasteiger partial charge in [0.1, 0.15) is 11.3 Å². The molecule has 0 radical (unpaired) electrons. The van der Waals surface area contributed by atoms with Gasteiger partial charge in [0.05, 0.1) is 12.7 Å². The summed E-state index contributed by atoms with van der Waals surface area (Å²) in [7, 11) is 0. The molecule has 0 bridgehead atoms. The fraction of sp³-hybridized carbons (Fsp3) is 0.375. The first-order chi connectivity index (χ1) is 9.45. The lowest BCUT2D eigenvalue weighted by atomic mass is 10.1. The minimum absolute atomic E-state index is 0.00733. The first-order valence-corrected chi connectivity index (χ1v) is 6.61. The Balaban J connectivity index is 3.17. The maximum Gasteiger partial charge on any atom is 0.341 e. The van der Waals surface area contributed by atoms with Crippen LogP contribution < -0.4 is 4.74 Å². The fourth-order valence-electron chi connectivity index (χ4n) is 1.63. The lowest BCUT2D eigenvalue weighted by Gasteiger charge is -2.12. The molecule has 0 fully saturated rings. The van der Waals surface area contributed by atoms with Gasteiger partial charge in [0.2, 0.25) is 0 Å². The van der Waals surface area contributed by atoms with Crippen molar-refractivity contribution in [2.75, 3.05) is 6.61 Å². The summed E-state index contributed by atoms with van der Waals surface area (Å²) in [5, 5.41) is 0. The zero-order valence-corrected chi connectivity index (χ0v) is 12.3. The monoisotopic (exact) mass is 276 g/mol. The van der Waals surface area contributed by atoms with Gasteiger partial charge in [-0.15, -0.1) is 0 Å². The summed E-state index contributed by atoms with van der Waals surface area (Å²) < 4.78 is 10.5. The quantitative estimate of drug-likeness (QED) is 0.347. The third-order valence-corrected chi connectivity index (χ3v) is 2.46. The van der Waals surface area contributed by atoms with Gasteiger partial charge in [-0.25, -0.2) is 4.79 Å². The van der Waals surface area contributed by atoms with Gasteiger partial charge in [0.15, 0.2) is 5.78 Å². The molecule has 0 aliphatic carbocycles. The van der Waals surface area contributed by atoms with Crippen LogP contribution >= 0.6 is 0 Å². The lowest BCUT2D eigenvalue weighted by molar-refractivity contribution is -0.139. The van der Waals surface area contributed by atoms with Crippen molar-refractivity contribution in [1.82, 2.24) is 0 Å². The van der Waals surface area contributed by atoms with Crippen LogP contribution in [0.1, 0.15) is 33.3 Å². The van der Waals surface area contributed by atoms with E-state index < -0.39 is 5.97 Å². The normalized spacial score (nSPS) is 11.3. The molecule has 20 heavy (non-hydrogen) atoms. The Morgan fingerprint density at radius 2 is 1.90 bits per heavy atom. The minimum Gasteiger partial charge on any atom is -0.490 e. The molecule has 1 aromatic rings. The summed E-state index contributed by atoms with van der Waals surface area (Å²) in [5.74, 6) is -0.312. The van der Waals surface area contributed by atoms with Crippen LogP contribution in [-0.2, 0) is 14.3 Å². The highest BCUT2D eigenvalue weighted by molar-refractivity contribution is 6.19. The molecule has 4 nitrogen and oxygen atoms in total. The summed E-state index contributed by atoms with van der Waals surface area (Å²) >= 11 is 0. The fourth-order valence-corrected chi connectivity index (χ4v) is 1.63. The Kier molecular flexibility index (Phi) is 5.97. The molecule has 1 aromatic carbocycles. The highest BCUT2D eigenvalue weighted by Gasteiger charge is 2.16. The molecule has 0 atom stereocenters. The van der Waals surface area contributed by atoms with Crippen molar-refractivity contribution in [1.29, 1.82) is 0 Å². The molecule has 0 saturated carbocycles. The van der Waals surface area contributed by atoms with Gasteiger partial charge in [-0.3, -0.25) is 4.79 Å². The highest BCUT2D eigenvalue weighted by atomic mass is 16.5. The molecule has 0 aromatic heterocycles. The van der Waals surface area contributed by atoms with Crippen molar-refractivity contribution in [3.63, 3.8) is 0 Å². The van der Waals surface area contributed by atoms with Crippen molar-refractivity contribution in [2.24, 2.45) is 0 Å². The van der Waals surface area contributed by atoms with E-state index in [1.54, 1.807) is 19.1 Å². The van der Waals surface area contributed by atoms with E-state index in [9.17, 15) is 9.59 Å². The maximum absolute atomic E-state index is 11.8. The van der Waals surface area contributed by atoms with Crippen LogP contribution in [0, 0.1) is 0 Å². The number of Topliss-reactive ketones (excluding diaryl/α,β-unsaturated/α-hetero) is 1. The van der Waals surface area contributed by atoms with Crippen molar-refractivity contribution >= 4 is 17.8 Å². The summed E-state index contributed by atoms with van der Waals surface area (Å²) in [5.41, 5.74) is 0.700. The van der Waals surface area contributed by atoms with Gasteiger partial charge in [0, 0.05) is 5.56 Å². The molecule has 0 saturated heterocycles. The van der Waals surface area contributed by atoms with Crippen molar-refractivity contribution in [3.8, 4) is 5.75 Å². The number of esters is 1. The Morgan fingerprint density at radius 1 is 1.25 bits per heavy atom. The molecule has 4 heteroatoms. The zero-order valence-electron chi connectivity index (χ0n) is 12.3. The molecule has 0 aliphatic heterocycles. The second kappa shape index (κ2) is 7.48. The minimum atomic E-state index is -0.612. The van der Waals surface area contributed by atoms with Crippen LogP contribution in [0.2, 0.25) is 0 Å². The number of ketones is 1. The van der Waals surface area contributed by atoms with Crippen molar-refractivity contribution < 1.29 is 19.1 Å². The first-order valence-electron chi connectivity index (χ1n) is 6.61. The smallest absolute Gasteiger partial charge is 0.341 e. The third-order valence-electron chi connectivity index (χ3n) is 2.46. The number of hydrogen-bond acceptors (Lipinski definition) is 4. The number of carbonyl (C=O) groups is 2. The molecular formula is C16H20O4. The van der Waals surface area contributed by atoms with Crippen LogP contribution in [0.5, 0.6) is 5.75 Å². The molecule has 1 rings (SSSR count). The van der Waals surface area contributed by atoms with E-state index in [2.05, 4.69) is 0 Å². The predicted molar refractivity (Wildman–Crippen MR) is 77.5 cm³/mol. The van der Waals surface area contributed by atoms with Crippen molar-refractivity contribution in [3.05, 3.63) is 35.4 Å². The van der Waals surface area contributed by atoms with Gasteiger partial charge < -0.3 is 9.47 Å². The molecular weight excluding hydrogens is 256 g/mol. The van der Waals surface area contributed by atoms with E-state index >= 15 is 0 Å². The molecule has 0 heterocycles. The van der Waals surface area contributed by atoms with E-state index in [-0.39, 0.29) is 24.1 Å². The number of rotatable bonds is 6. The molecule has 0 aliphatic rings. The second-order valence-electron chi connectivity index (χ2n) is 4.54. The van der Waals surface area contributed by atoms with E-state index in [0.717, 1.165) is 0 Å². The topological polar surface area (TPSA) is 52.6 Å². The molecule has 108 valence electrons. The molecule has 0 spiro atoms. The summed E-state index contributed by atoms with van der Waals surface area (Å²) in [4.78, 5) is 23.4. The number of carbonyl (C=O) groups excluding carboxylic acids is 2. The van der Waals surface area contributed by atoms with Gasteiger partial charge in [-0.05, 0) is 39.8 Å². The highest BCUT2D eigenvalue weighted by Crippen LogP contribution is 2.22. The van der Waals surface area contributed by atoms with Gasteiger partial charge in [0.25, 0.3) is 0 Å². The van der Waals surface area contributed by atoms with Crippen LogP contribution in [0.15, 0.2) is 29.8 Å². The number of benzene rings is 1. The van der Waals surface area contributed by atoms with E-state index in [1.807, 2.05) is 26.0 Å². The number of para-hydroxylation sites is 1. The number of ether oxygens (including phenoxy) is 2. The molecule has 0 amide bonds. The van der Waals surface area contributed by atoms with Crippen LogP contribution in [-0.4, -0.2) is 24.5 Å². The van der Waals surface area contributed by atoms with Gasteiger partial charge in [-0.1, -0.05) is 18.2 Å². The summed E-state index contributed by atoms with van der Waals surface area (Å²) in [6.45, 7) is 7.10. The van der Waals surface area contributed by atoms with Gasteiger partial charge >= 0.3 is 5.97 Å². The molecule has 0 N–H and O–H groups in total. The van der Waals surface area contributed by atoms with E-state index in [4.69, 9.17) is 9.47 Å². The lowest BCUT2D eigenvalue weighted by Crippen LogP contribution is -2.13. The summed E-state index contributed by atoms with van der Waals surface area (Å²) in [6, 6.07) is 7.25. The van der Waals surface area contributed by atoms with Crippen molar-refractivity contribution in [2.45, 2.75) is 33.8 Å². The van der Waals surface area contributed by atoms with E-state index in [0.29, 0.717) is 11.3 Å².